The largest absolute Gasteiger partial charge is 0.391 e. The van der Waals surface area contributed by atoms with Crippen LogP contribution in [-0.2, 0) is 75.2 Å². The van der Waals surface area contributed by atoms with Crippen LogP contribution in [0.15, 0.2) is 60.8 Å². The number of carbonyl (C=O) groups is 13. The zero-order valence-electron chi connectivity index (χ0n) is 46.4. The molecule has 0 aliphatic carbocycles. The molecule has 0 radical (unpaired) electrons. The first-order chi connectivity index (χ1) is 39.2. The number of hydrogen-bond donors (Lipinski definition) is 15. The molecule has 1 aromatic heterocycles. The van der Waals surface area contributed by atoms with Gasteiger partial charge in [-0.3, -0.25) is 62.3 Å². The fraction of sp³-hybridized carbons (Fsp3) is 0.500. The van der Waals surface area contributed by atoms with E-state index in [2.05, 4.69) is 52.8 Å². The van der Waals surface area contributed by atoms with Crippen molar-refractivity contribution in [2.75, 3.05) is 13.1 Å². The average Bonchev–Trinajstić information content (AvgIpc) is 4.35. The number of carbonyl (C=O) groups excluding carboxylic acids is 13. The van der Waals surface area contributed by atoms with Gasteiger partial charge in [-0.1, -0.05) is 62.4 Å². The Morgan fingerprint density at radius 3 is 1.76 bits per heavy atom. The Morgan fingerprint density at radius 1 is 0.627 bits per heavy atom. The maximum atomic E-state index is 14.5. The van der Waals surface area contributed by atoms with E-state index in [1.807, 2.05) is 0 Å². The highest BCUT2D eigenvalue weighted by molar-refractivity contribution is 6.01. The number of para-hydroxylation sites is 1. The second-order valence-electron chi connectivity index (χ2n) is 21.0. The molecular formula is C54H74N14O15. The van der Waals surface area contributed by atoms with E-state index in [9.17, 15) is 72.5 Å². The number of primary amides is 3. The number of hydrogen-bond acceptors (Lipinski definition) is 15. The third-order valence-electron chi connectivity index (χ3n) is 13.8. The summed E-state index contributed by atoms with van der Waals surface area (Å²) in [6.45, 7) is 5.09. The van der Waals surface area contributed by atoms with Gasteiger partial charge in [0.05, 0.1) is 31.6 Å². The predicted molar refractivity (Wildman–Crippen MR) is 294 cm³/mol. The molecule has 29 heteroatoms. The minimum Gasteiger partial charge on any atom is -0.391 e. The molecule has 0 bridgehead atoms. The van der Waals surface area contributed by atoms with Gasteiger partial charge >= 0.3 is 0 Å². The van der Waals surface area contributed by atoms with Crippen LogP contribution in [-0.4, -0.2) is 177 Å². The standard InChI is InChI=1S/C54H74N14O15/c1-26(2)19-34(61-48(77)33-16-17-42(73)60-33)49(78)64-37(22-40(55)71)50(79)62-35(20-29-11-6-5-7-12-29)52(81)67-45(28(4)70)54(83)68-18-10-15-39(68)53(82)65-38(23-41(56)72)51(80)63-36(21-30-24-58-32-14-9-8-13-31(30)32)47(76)59-25-43(74)66-44(27(3)69)46(57)75/h5-9,11-14,24,26-28,33-39,44-45,58,69-70H,10,15-23,25H2,1-4H3,(H2,55,71)(H2,56,72)(H2,57,75)(H,59,76)(H,60,73)(H,61,77)(H,62,79)(H,63,80)(H,64,78)(H,65,82)(H,66,74)(H,67,81). The van der Waals surface area contributed by atoms with Gasteiger partial charge in [-0.05, 0) is 62.6 Å². The van der Waals surface area contributed by atoms with Crippen molar-refractivity contribution in [3.63, 3.8) is 0 Å². The number of nitrogens with one attached hydrogen (secondary N) is 10. The lowest BCUT2D eigenvalue weighted by molar-refractivity contribution is -0.145. The molecule has 13 amide bonds. The van der Waals surface area contributed by atoms with Crippen LogP contribution in [0.4, 0.5) is 0 Å². The molecule has 3 aromatic rings. The minimum absolute atomic E-state index is 0.0131. The molecule has 0 spiro atoms. The van der Waals surface area contributed by atoms with Crippen LogP contribution in [0.3, 0.4) is 0 Å². The van der Waals surface area contributed by atoms with E-state index in [4.69, 9.17) is 17.2 Å². The molecular weight excluding hydrogens is 1080 g/mol. The normalized spacial score (nSPS) is 18.1. The van der Waals surface area contributed by atoms with Crippen LogP contribution in [0.2, 0.25) is 0 Å². The van der Waals surface area contributed by atoms with Crippen LogP contribution in [0, 0.1) is 5.92 Å². The van der Waals surface area contributed by atoms with Gasteiger partial charge in [-0.2, -0.15) is 0 Å². The first-order valence-corrected chi connectivity index (χ1v) is 27.0. The quantitative estimate of drug-likeness (QED) is 0.0297. The maximum absolute atomic E-state index is 14.5. The Hall–Kier alpha value is -8.99. The van der Waals surface area contributed by atoms with Gasteiger partial charge in [-0.25, -0.2) is 0 Å². The molecule has 83 heavy (non-hydrogen) atoms. The molecule has 11 unspecified atom stereocenters. The van der Waals surface area contributed by atoms with Gasteiger partial charge in [0.1, 0.15) is 54.4 Å². The van der Waals surface area contributed by atoms with E-state index in [1.54, 1.807) is 74.6 Å². The number of aromatic nitrogens is 1. The number of nitrogens with zero attached hydrogens (tertiary/aromatic N) is 1. The second-order valence-corrected chi connectivity index (χ2v) is 21.0. The zero-order valence-corrected chi connectivity index (χ0v) is 46.4. The van der Waals surface area contributed by atoms with Crippen LogP contribution < -0.4 is 65.1 Å². The summed E-state index contributed by atoms with van der Waals surface area (Å²) in [5.41, 5.74) is 18.0. The summed E-state index contributed by atoms with van der Waals surface area (Å²) in [6, 6.07) is 1.91. The van der Waals surface area contributed by atoms with Gasteiger partial charge in [0.25, 0.3) is 0 Å². The number of fused-ring (bicyclic) bond motifs is 1. The predicted octanol–water partition coefficient (Wildman–Crippen LogP) is -5.22. The highest BCUT2D eigenvalue weighted by atomic mass is 16.3. The first kappa shape index (κ1) is 64.8. The fourth-order valence-electron chi connectivity index (χ4n) is 9.55. The van der Waals surface area contributed by atoms with Crippen LogP contribution in [0.1, 0.15) is 83.8 Å². The summed E-state index contributed by atoms with van der Waals surface area (Å²) >= 11 is 0. The Morgan fingerprint density at radius 2 is 1.18 bits per heavy atom. The number of H-pyrrole nitrogens is 1. The van der Waals surface area contributed by atoms with Crippen LogP contribution >= 0.6 is 0 Å². The van der Waals surface area contributed by atoms with E-state index in [1.165, 1.54) is 13.8 Å². The van der Waals surface area contributed by atoms with E-state index < -0.39 is 157 Å². The lowest BCUT2D eigenvalue weighted by Gasteiger charge is -2.32. The van der Waals surface area contributed by atoms with E-state index >= 15 is 0 Å². The van der Waals surface area contributed by atoms with E-state index in [-0.39, 0.29) is 63.3 Å². The highest BCUT2D eigenvalue weighted by Crippen LogP contribution is 2.22. The van der Waals surface area contributed by atoms with Gasteiger partial charge in [0.15, 0.2) is 0 Å². The number of amides is 13. The summed E-state index contributed by atoms with van der Waals surface area (Å²) in [5.74, 6) is -12.2. The molecule has 3 heterocycles. The molecule has 2 aromatic carbocycles. The third-order valence-corrected chi connectivity index (χ3v) is 13.8. The molecule has 11 atom stereocenters. The Kier molecular flexibility index (Phi) is 23.6. The van der Waals surface area contributed by atoms with Crippen molar-refractivity contribution in [1.82, 2.24) is 57.7 Å². The summed E-state index contributed by atoms with van der Waals surface area (Å²) < 4.78 is 0. The van der Waals surface area contributed by atoms with Crippen molar-refractivity contribution >= 4 is 87.7 Å². The molecule has 5 rings (SSSR count). The smallest absolute Gasteiger partial charge is 0.248 e. The second kappa shape index (κ2) is 30.2. The lowest BCUT2D eigenvalue weighted by Crippen LogP contribution is -2.62. The molecule has 450 valence electrons. The Labute approximate surface area is 476 Å². The minimum atomic E-state index is -1.79. The van der Waals surface area contributed by atoms with Crippen molar-refractivity contribution in [3.05, 3.63) is 71.9 Å². The monoisotopic (exact) mass is 1160 g/mol. The van der Waals surface area contributed by atoms with Crippen molar-refractivity contribution in [3.8, 4) is 0 Å². The Bertz CT molecular complexity index is 2900. The molecule has 18 N–H and O–H groups in total. The van der Waals surface area contributed by atoms with Gasteiger partial charge in [-0.15, -0.1) is 0 Å². The van der Waals surface area contributed by atoms with Gasteiger partial charge < -0.3 is 85.1 Å². The molecule has 2 aliphatic rings. The first-order valence-electron chi connectivity index (χ1n) is 27.0. The van der Waals surface area contributed by atoms with Crippen molar-refractivity contribution in [1.29, 1.82) is 0 Å². The summed E-state index contributed by atoms with van der Waals surface area (Å²) in [5, 5.41) is 43.7. The van der Waals surface area contributed by atoms with Crippen molar-refractivity contribution in [2.24, 2.45) is 23.1 Å². The number of aromatic amines is 1. The molecule has 0 saturated carbocycles. The lowest BCUT2D eigenvalue weighted by atomic mass is 10.0. The summed E-state index contributed by atoms with van der Waals surface area (Å²) in [7, 11) is 0. The van der Waals surface area contributed by atoms with Crippen molar-refractivity contribution in [2.45, 2.75) is 152 Å². The maximum Gasteiger partial charge on any atom is 0.248 e. The fourth-order valence-corrected chi connectivity index (χ4v) is 9.55. The summed E-state index contributed by atoms with van der Waals surface area (Å²) in [4.78, 5) is 177. The number of nitrogens with two attached hydrogens (primary N) is 3. The zero-order chi connectivity index (χ0) is 61.2. The Balaban J connectivity index is 1.33. The molecule has 2 saturated heterocycles. The highest BCUT2D eigenvalue weighted by Gasteiger charge is 2.42. The topological polar surface area (TPSA) is 468 Å². The molecule has 2 fully saturated rings. The van der Waals surface area contributed by atoms with Gasteiger partial charge in [0, 0.05) is 42.9 Å². The van der Waals surface area contributed by atoms with E-state index in [0.29, 0.717) is 22.0 Å². The van der Waals surface area contributed by atoms with Crippen molar-refractivity contribution < 1.29 is 72.5 Å². The van der Waals surface area contributed by atoms with Gasteiger partial charge in [0.2, 0.25) is 76.8 Å². The molecule has 29 nitrogen and oxygen atoms in total. The average molecular weight is 1160 g/mol. The SMILES string of the molecule is CC(C)CC(NC(=O)C1CCC(=O)N1)C(=O)NC(CC(N)=O)C(=O)NC(Cc1ccccc1)C(=O)NC(C(=O)N1CCCC1C(=O)NC(CC(N)=O)C(=O)NC(Cc1c[nH]c2ccccc12)C(=O)NCC(=O)NC(C(N)=O)C(C)O)C(C)O. The summed E-state index contributed by atoms with van der Waals surface area (Å²) in [6.07, 6.45) is -2.91. The van der Waals surface area contributed by atoms with Crippen LogP contribution in [0.25, 0.3) is 10.9 Å². The number of benzene rings is 2. The van der Waals surface area contributed by atoms with Crippen LogP contribution in [0.5, 0.6) is 0 Å². The number of likely N-dealkylation sites (tertiary alicyclic amines) is 1. The third kappa shape index (κ3) is 19.1. The number of rotatable bonds is 30. The number of aliphatic hydroxyl groups excluding tert-OH is 2. The van der Waals surface area contributed by atoms with E-state index in [0.717, 1.165) is 4.90 Å². The number of aliphatic hydroxyl groups is 2. The molecule has 2 aliphatic heterocycles.